The zero-order chi connectivity index (χ0) is 47.2. The van der Waals surface area contributed by atoms with Crippen molar-refractivity contribution in [2.24, 2.45) is 5.84 Å². The van der Waals surface area contributed by atoms with Crippen LogP contribution in [0.3, 0.4) is 0 Å². The number of piperidine rings is 2. The highest BCUT2D eigenvalue weighted by molar-refractivity contribution is 6.67. The Morgan fingerprint density at radius 3 is 1.43 bits per heavy atom. The van der Waals surface area contributed by atoms with Crippen molar-refractivity contribution in [3.05, 3.63) is 162 Å². The summed E-state index contributed by atoms with van der Waals surface area (Å²) in [4.78, 5) is 25.1. The number of nitrogens with two attached hydrogens (primary N) is 1. The molecule has 0 spiro atoms. The number of nitrogens with one attached hydrogen (secondary N) is 1. The summed E-state index contributed by atoms with van der Waals surface area (Å²) in [5, 5.41) is 14.3. The van der Waals surface area contributed by atoms with Crippen LogP contribution in [0, 0.1) is 11.6 Å². The van der Waals surface area contributed by atoms with E-state index in [1.807, 2.05) is 22.2 Å². The highest BCUT2D eigenvalue weighted by Crippen LogP contribution is 2.41. The lowest BCUT2D eigenvalue weighted by Crippen LogP contribution is -2.45. The number of hydrogen-bond acceptors (Lipinski definition) is 7. The number of aromatic nitrogens is 4. The first-order valence-electron chi connectivity index (χ1n) is 22.2. The average molecular weight is 1010 g/mol. The molecule has 67 heavy (non-hydrogen) atoms. The molecule has 348 valence electrons. The predicted molar refractivity (Wildman–Crippen MR) is 265 cm³/mol. The molecule has 6 aromatic rings. The summed E-state index contributed by atoms with van der Waals surface area (Å²) < 4.78 is 29.9. The normalized spacial score (nSPS) is 17.1. The molecule has 17 heteroatoms. The third-order valence-corrected chi connectivity index (χ3v) is 13.2. The van der Waals surface area contributed by atoms with Crippen molar-refractivity contribution in [3.63, 3.8) is 0 Å². The maximum absolute atomic E-state index is 13.4. The third kappa shape index (κ3) is 11.7. The number of amides is 1. The molecule has 4 aromatic carbocycles. The van der Waals surface area contributed by atoms with Crippen LogP contribution in [0.25, 0.3) is 34.7 Å². The largest absolute Gasteiger partial charge is 0.286 e. The predicted octanol–water partition coefficient (Wildman–Crippen LogP) is 12.5. The van der Waals surface area contributed by atoms with Crippen LogP contribution in [0.2, 0.25) is 20.1 Å². The molecular formula is C50H47Cl5F2N8O2. The molecule has 2 aromatic heterocycles. The smallest absolute Gasteiger partial charge is 0.283 e. The zero-order valence-electron chi connectivity index (χ0n) is 36.4. The lowest BCUT2D eigenvalue weighted by Gasteiger charge is -2.26. The van der Waals surface area contributed by atoms with Gasteiger partial charge in [-0.15, -0.1) is 0 Å². The monoisotopic (exact) mass is 1000 g/mol. The van der Waals surface area contributed by atoms with E-state index in [0.717, 1.165) is 90.2 Å². The van der Waals surface area contributed by atoms with E-state index in [1.54, 1.807) is 70.0 Å². The summed E-state index contributed by atoms with van der Waals surface area (Å²) in [5.41, 5.74) is 12.0. The minimum atomic E-state index is -0.613. The molecule has 2 aliphatic heterocycles. The summed E-state index contributed by atoms with van der Waals surface area (Å²) in [5.74, 6) is 4.69. The molecule has 0 radical (unpaired) electrons. The van der Waals surface area contributed by atoms with Crippen molar-refractivity contribution in [3.8, 4) is 11.4 Å². The molecule has 10 rings (SSSR count). The second-order valence-electron chi connectivity index (χ2n) is 16.7. The number of carbonyl (C=O) groups is 2. The summed E-state index contributed by atoms with van der Waals surface area (Å²) in [6, 6.07) is 22.8. The first-order chi connectivity index (χ1) is 32.3. The van der Waals surface area contributed by atoms with Crippen LogP contribution in [0.4, 0.5) is 8.78 Å². The van der Waals surface area contributed by atoms with Crippen LogP contribution in [-0.4, -0.2) is 66.9 Å². The number of rotatable bonds is 7. The van der Waals surface area contributed by atoms with Crippen LogP contribution in [0.1, 0.15) is 106 Å². The molecule has 2 aliphatic carbocycles. The molecule has 0 bridgehead atoms. The zero-order valence-corrected chi connectivity index (χ0v) is 40.1. The van der Waals surface area contributed by atoms with Gasteiger partial charge in [0.1, 0.15) is 17.3 Å². The van der Waals surface area contributed by atoms with Gasteiger partial charge in [0.15, 0.2) is 5.69 Å². The van der Waals surface area contributed by atoms with E-state index in [0.29, 0.717) is 56.4 Å². The highest BCUT2D eigenvalue weighted by atomic mass is 35.5. The first-order valence-corrected chi connectivity index (χ1v) is 24.0. The van der Waals surface area contributed by atoms with Gasteiger partial charge in [-0.3, -0.25) is 20.9 Å². The van der Waals surface area contributed by atoms with Crippen molar-refractivity contribution in [1.29, 1.82) is 0 Å². The van der Waals surface area contributed by atoms with Gasteiger partial charge in [0.05, 0.1) is 32.8 Å². The number of benzene rings is 4. The molecule has 2 saturated heterocycles. The van der Waals surface area contributed by atoms with E-state index in [1.165, 1.54) is 49.9 Å². The molecule has 3 N–H and O–H groups in total. The molecule has 0 unspecified atom stereocenters. The minimum Gasteiger partial charge on any atom is -0.283 e. The Balaban J connectivity index is 0.000000161. The topological polar surface area (TPSA) is 114 Å². The first kappa shape index (κ1) is 48.6. The van der Waals surface area contributed by atoms with Crippen LogP contribution >= 0.6 is 58.0 Å². The van der Waals surface area contributed by atoms with Gasteiger partial charge in [-0.2, -0.15) is 10.2 Å². The fourth-order valence-corrected chi connectivity index (χ4v) is 9.84. The SMILES string of the molecule is NN1CCCCC1.O=C(Cl)c1nn(-c2ccc(Cl)cc2Cl)c2c1CC/C2=C\c1ccc(F)cc1.O=C(NN1CCCCC1)c1nn(-c2ccc(Cl)cc2Cl)c2c1CC/C2=C\c1ccc(F)cc1. The van der Waals surface area contributed by atoms with Crippen LogP contribution < -0.4 is 11.3 Å². The molecule has 1 amide bonds. The third-order valence-electron chi connectivity index (χ3n) is 12.0. The number of allylic oxidation sites excluding steroid dienone is 2. The van der Waals surface area contributed by atoms with E-state index < -0.39 is 5.24 Å². The van der Waals surface area contributed by atoms with Crippen molar-refractivity contribution < 1.29 is 18.4 Å². The molecule has 2 fully saturated rings. The molecule has 10 nitrogen and oxygen atoms in total. The second-order valence-corrected chi connectivity index (χ2v) is 18.7. The van der Waals surface area contributed by atoms with E-state index in [-0.39, 0.29) is 23.2 Å². The Morgan fingerprint density at radius 1 is 0.582 bits per heavy atom. The summed E-state index contributed by atoms with van der Waals surface area (Å²) in [7, 11) is 0. The van der Waals surface area contributed by atoms with Crippen molar-refractivity contribution in [1.82, 2.24) is 35.0 Å². The van der Waals surface area contributed by atoms with Crippen LogP contribution in [-0.2, 0) is 12.8 Å². The lowest BCUT2D eigenvalue weighted by molar-refractivity contribution is 0.0743. The van der Waals surface area contributed by atoms with E-state index in [2.05, 4.69) is 10.5 Å². The molecule has 0 saturated carbocycles. The lowest BCUT2D eigenvalue weighted by atomic mass is 10.1. The standard InChI is InChI=1S/C25H23Cl2FN4O.C20H12Cl3FN2O.C5H12N2/c26-18-7-11-22(21(27)15-18)32-24-17(14-16-4-8-19(28)9-5-16)6-10-20(24)23(29-32)25(33)30-31-12-2-1-3-13-31;21-13-4-8-17(16(22)10-13)26-19-12(9-11-1-5-14(24)6-2-11)3-7-15(19)18(25-26)20(23)27;6-7-4-2-1-3-5-7/h4-5,7-9,11,14-15H,1-3,6,10,12-13H2,(H,30,33);1-2,4-6,8-10H,3,7H2;1-6H2/b17-14+;12-9+;. The Morgan fingerprint density at radius 2 is 1.01 bits per heavy atom. The number of hydrazine groups is 2. The van der Waals surface area contributed by atoms with Gasteiger partial charge in [0.2, 0.25) is 0 Å². The van der Waals surface area contributed by atoms with Crippen LogP contribution in [0.15, 0.2) is 84.9 Å². The minimum absolute atomic E-state index is 0.208. The van der Waals surface area contributed by atoms with E-state index >= 15 is 0 Å². The fraction of sp³-hybridized carbons (Fsp3) is 0.280. The van der Waals surface area contributed by atoms with Crippen molar-refractivity contribution in [2.75, 3.05) is 26.2 Å². The second kappa shape index (κ2) is 22.0. The number of carbonyl (C=O) groups excluding carboxylic acids is 2. The van der Waals surface area contributed by atoms with Gasteiger partial charge >= 0.3 is 0 Å². The van der Waals surface area contributed by atoms with E-state index in [9.17, 15) is 18.4 Å². The number of nitrogens with zero attached hydrogens (tertiary/aromatic N) is 6. The summed E-state index contributed by atoms with van der Waals surface area (Å²) >= 11 is 30.7. The number of hydrogen-bond donors (Lipinski definition) is 2. The quantitative estimate of drug-likeness (QED) is 0.121. The maximum atomic E-state index is 13.4. The van der Waals surface area contributed by atoms with Crippen molar-refractivity contribution >= 4 is 92.5 Å². The Bertz CT molecular complexity index is 2830. The van der Waals surface area contributed by atoms with Gasteiger partial charge in [0.25, 0.3) is 11.1 Å². The summed E-state index contributed by atoms with van der Waals surface area (Å²) in [6.45, 7) is 3.88. The Labute approximate surface area is 412 Å². The highest BCUT2D eigenvalue weighted by Gasteiger charge is 2.32. The maximum Gasteiger partial charge on any atom is 0.286 e. The number of halogens is 7. The Hall–Kier alpha value is -4.89. The van der Waals surface area contributed by atoms with Gasteiger partial charge in [-0.05, 0) is 158 Å². The van der Waals surface area contributed by atoms with Gasteiger partial charge in [0, 0.05) is 47.4 Å². The average Bonchev–Trinajstić information content (AvgIpc) is 4.10. The van der Waals surface area contributed by atoms with Crippen molar-refractivity contribution in [2.45, 2.75) is 64.2 Å². The summed E-state index contributed by atoms with van der Waals surface area (Å²) in [6.07, 6.45) is 14.0. The molecule has 4 aliphatic rings. The Kier molecular flexibility index (Phi) is 16.0. The fourth-order valence-electron chi connectivity index (χ4n) is 8.71. The van der Waals surface area contributed by atoms with Gasteiger partial charge < -0.3 is 0 Å². The van der Waals surface area contributed by atoms with E-state index in [4.69, 9.17) is 68.9 Å². The number of fused-ring (bicyclic) bond motifs is 2. The van der Waals surface area contributed by atoms with Gasteiger partial charge in [-0.25, -0.2) is 28.2 Å². The molecule has 0 atom stereocenters. The van der Waals surface area contributed by atoms with Gasteiger partial charge in [-0.1, -0.05) is 83.5 Å². The molecule has 4 heterocycles. The molecular weight excluding hydrogens is 960 g/mol. The van der Waals surface area contributed by atoms with Crippen LogP contribution in [0.5, 0.6) is 0 Å².